The van der Waals surface area contributed by atoms with Gasteiger partial charge in [-0.25, -0.2) is 0 Å². The molecule has 2 aromatic heterocycles. The standard InChI is InChI=1S/C6H3ClN2S2/c7-3-1-8-2-4-5(3)9-6(10)11-4/h1-2H,(H,9,10). The van der Waals surface area contributed by atoms with E-state index in [1.54, 1.807) is 12.4 Å². The van der Waals surface area contributed by atoms with Crippen molar-refractivity contribution in [2.45, 2.75) is 0 Å². The fourth-order valence-corrected chi connectivity index (χ4v) is 2.21. The molecule has 0 fully saturated rings. The SMILES string of the molecule is S=c1[nH]c2c(Cl)cncc2s1. The summed E-state index contributed by atoms with van der Waals surface area (Å²) >= 11 is 12.3. The molecule has 0 atom stereocenters. The minimum atomic E-state index is 0.620. The van der Waals surface area contributed by atoms with E-state index >= 15 is 0 Å². The average Bonchev–Trinajstić information content (AvgIpc) is 2.31. The number of aromatic amines is 1. The number of halogens is 1. The molecule has 0 aromatic carbocycles. The van der Waals surface area contributed by atoms with E-state index in [1.165, 1.54) is 11.3 Å². The van der Waals surface area contributed by atoms with E-state index in [9.17, 15) is 0 Å². The first-order valence-electron chi connectivity index (χ1n) is 2.90. The minimum Gasteiger partial charge on any atom is -0.336 e. The van der Waals surface area contributed by atoms with Gasteiger partial charge in [0.15, 0.2) is 3.95 Å². The van der Waals surface area contributed by atoms with Crippen molar-refractivity contribution in [2.24, 2.45) is 0 Å². The average molecular weight is 203 g/mol. The topological polar surface area (TPSA) is 28.7 Å². The van der Waals surface area contributed by atoms with Crippen LogP contribution in [0, 0.1) is 3.95 Å². The Labute approximate surface area is 76.9 Å². The molecule has 5 heteroatoms. The van der Waals surface area contributed by atoms with Crippen LogP contribution < -0.4 is 0 Å². The Morgan fingerprint density at radius 1 is 1.55 bits per heavy atom. The van der Waals surface area contributed by atoms with E-state index in [0.29, 0.717) is 5.02 Å². The fraction of sp³-hybridized carbons (Fsp3) is 0. The lowest BCUT2D eigenvalue weighted by Crippen LogP contribution is -1.72. The second-order valence-electron chi connectivity index (χ2n) is 2.01. The zero-order chi connectivity index (χ0) is 7.84. The molecule has 0 unspecified atom stereocenters. The first-order chi connectivity index (χ1) is 5.27. The summed E-state index contributed by atoms with van der Waals surface area (Å²) in [7, 11) is 0. The number of fused-ring (bicyclic) bond motifs is 1. The van der Waals surface area contributed by atoms with Gasteiger partial charge in [0.25, 0.3) is 0 Å². The van der Waals surface area contributed by atoms with Crippen LogP contribution in [-0.2, 0) is 0 Å². The molecule has 1 N–H and O–H groups in total. The molecule has 0 amide bonds. The molecule has 0 saturated carbocycles. The smallest absolute Gasteiger partial charge is 0.159 e. The summed E-state index contributed by atoms with van der Waals surface area (Å²) < 4.78 is 1.73. The summed E-state index contributed by atoms with van der Waals surface area (Å²) in [6.45, 7) is 0. The van der Waals surface area contributed by atoms with E-state index in [2.05, 4.69) is 9.97 Å². The number of aromatic nitrogens is 2. The number of pyridine rings is 1. The van der Waals surface area contributed by atoms with Gasteiger partial charge in [-0.15, -0.1) is 11.3 Å². The predicted molar refractivity (Wildman–Crippen MR) is 49.8 cm³/mol. The molecule has 2 aromatic rings. The van der Waals surface area contributed by atoms with Gasteiger partial charge in [-0.05, 0) is 12.2 Å². The van der Waals surface area contributed by atoms with Crippen molar-refractivity contribution in [3.63, 3.8) is 0 Å². The third-order valence-corrected chi connectivity index (χ3v) is 2.75. The van der Waals surface area contributed by atoms with E-state index < -0.39 is 0 Å². The molecule has 0 aliphatic heterocycles. The van der Waals surface area contributed by atoms with Crippen molar-refractivity contribution in [2.75, 3.05) is 0 Å². The van der Waals surface area contributed by atoms with Gasteiger partial charge < -0.3 is 4.98 Å². The van der Waals surface area contributed by atoms with E-state index in [1.807, 2.05) is 0 Å². The Balaban J connectivity index is 3.01. The molecule has 0 saturated heterocycles. The number of hydrogen-bond acceptors (Lipinski definition) is 3. The Hall–Kier alpha value is -0.450. The zero-order valence-corrected chi connectivity index (χ0v) is 7.69. The van der Waals surface area contributed by atoms with E-state index in [0.717, 1.165) is 14.2 Å². The van der Waals surface area contributed by atoms with Crippen LogP contribution >= 0.6 is 35.2 Å². The van der Waals surface area contributed by atoms with Crippen LogP contribution in [0.2, 0.25) is 5.02 Å². The molecule has 2 heterocycles. The lowest BCUT2D eigenvalue weighted by molar-refractivity contribution is 1.35. The maximum absolute atomic E-state index is 5.84. The van der Waals surface area contributed by atoms with Crippen LogP contribution in [0.5, 0.6) is 0 Å². The Kier molecular flexibility index (Phi) is 1.67. The number of nitrogens with zero attached hydrogens (tertiary/aromatic N) is 1. The molecule has 0 aliphatic rings. The van der Waals surface area contributed by atoms with Gasteiger partial charge in [-0.1, -0.05) is 11.6 Å². The highest BCUT2D eigenvalue weighted by atomic mass is 35.5. The Morgan fingerprint density at radius 3 is 3.09 bits per heavy atom. The van der Waals surface area contributed by atoms with Crippen LogP contribution in [0.25, 0.3) is 10.2 Å². The highest BCUT2D eigenvalue weighted by Gasteiger charge is 2.00. The molecule has 0 aliphatic carbocycles. The van der Waals surface area contributed by atoms with Crippen LogP contribution in [0.1, 0.15) is 0 Å². The Morgan fingerprint density at radius 2 is 2.36 bits per heavy atom. The van der Waals surface area contributed by atoms with Crippen LogP contribution in [0.4, 0.5) is 0 Å². The van der Waals surface area contributed by atoms with Crippen molar-refractivity contribution < 1.29 is 0 Å². The lowest BCUT2D eigenvalue weighted by atomic mass is 10.4. The van der Waals surface area contributed by atoms with Crippen molar-refractivity contribution >= 4 is 45.4 Å². The van der Waals surface area contributed by atoms with Gasteiger partial charge in [-0.2, -0.15) is 0 Å². The van der Waals surface area contributed by atoms with E-state index in [4.69, 9.17) is 23.8 Å². The van der Waals surface area contributed by atoms with Gasteiger partial charge in [-0.3, -0.25) is 4.98 Å². The molecular formula is C6H3ClN2S2. The maximum atomic E-state index is 5.84. The number of thiazole rings is 1. The first kappa shape index (κ1) is 7.21. The maximum Gasteiger partial charge on any atom is 0.159 e. The van der Waals surface area contributed by atoms with Crippen LogP contribution in [0.3, 0.4) is 0 Å². The number of H-pyrrole nitrogens is 1. The fourth-order valence-electron chi connectivity index (χ4n) is 0.843. The van der Waals surface area contributed by atoms with Gasteiger partial charge in [0.2, 0.25) is 0 Å². The Bertz CT molecular complexity index is 445. The third kappa shape index (κ3) is 1.17. The molecule has 2 rings (SSSR count). The molecule has 2 nitrogen and oxygen atoms in total. The molecule has 0 spiro atoms. The van der Waals surface area contributed by atoms with Gasteiger partial charge >= 0.3 is 0 Å². The minimum absolute atomic E-state index is 0.620. The zero-order valence-electron chi connectivity index (χ0n) is 5.30. The summed E-state index contributed by atoms with van der Waals surface area (Å²) in [5, 5.41) is 0.620. The number of rotatable bonds is 0. The second-order valence-corrected chi connectivity index (χ2v) is 4.14. The molecule has 11 heavy (non-hydrogen) atoms. The highest BCUT2D eigenvalue weighted by molar-refractivity contribution is 7.73. The number of nitrogens with one attached hydrogen (secondary N) is 1. The predicted octanol–water partition coefficient (Wildman–Crippen LogP) is 3.01. The normalized spacial score (nSPS) is 10.6. The monoisotopic (exact) mass is 202 g/mol. The van der Waals surface area contributed by atoms with E-state index in [-0.39, 0.29) is 0 Å². The molecule has 0 radical (unpaired) electrons. The van der Waals surface area contributed by atoms with Crippen LogP contribution in [-0.4, -0.2) is 9.97 Å². The van der Waals surface area contributed by atoms with Crippen molar-refractivity contribution in [3.8, 4) is 0 Å². The van der Waals surface area contributed by atoms with Crippen molar-refractivity contribution in [1.29, 1.82) is 0 Å². The number of hydrogen-bond donors (Lipinski definition) is 1. The lowest BCUT2D eigenvalue weighted by Gasteiger charge is -1.88. The van der Waals surface area contributed by atoms with Crippen molar-refractivity contribution in [1.82, 2.24) is 9.97 Å². The second kappa shape index (κ2) is 2.55. The van der Waals surface area contributed by atoms with Gasteiger partial charge in [0.05, 0.1) is 15.2 Å². The highest BCUT2D eigenvalue weighted by Crippen LogP contribution is 2.24. The molecule has 56 valence electrons. The van der Waals surface area contributed by atoms with Crippen LogP contribution in [0.15, 0.2) is 12.4 Å². The first-order valence-corrected chi connectivity index (χ1v) is 4.50. The van der Waals surface area contributed by atoms with Gasteiger partial charge in [0, 0.05) is 12.4 Å². The summed E-state index contributed by atoms with van der Waals surface area (Å²) in [5.74, 6) is 0. The summed E-state index contributed by atoms with van der Waals surface area (Å²) in [6.07, 6.45) is 3.35. The van der Waals surface area contributed by atoms with Gasteiger partial charge in [0.1, 0.15) is 0 Å². The summed E-state index contributed by atoms with van der Waals surface area (Å²) in [5.41, 5.74) is 0.886. The van der Waals surface area contributed by atoms with Crippen molar-refractivity contribution in [3.05, 3.63) is 21.4 Å². The summed E-state index contributed by atoms with van der Waals surface area (Å²) in [4.78, 5) is 6.93. The quantitative estimate of drug-likeness (QED) is 0.666. The third-order valence-electron chi connectivity index (χ3n) is 1.29. The summed E-state index contributed by atoms with van der Waals surface area (Å²) in [6, 6.07) is 0. The largest absolute Gasteiger partial charge is 0.336 e. The molecular weight excluding hydrogens is 200 g/mol. The molecule has 0 bridgehead atoms.